The van der Waals surface area contributed by atoms with Crippen molar-refractivity contribution < 1.29 is 0 Å². The quantitative estimate of drug-likeness (QED) is 0.566. The number of rotatable bonds is 8. The minimum atomic E-state index is 0.440. The van der Waals surface area contributed by atoms with Crippen molar-refractivity contribution in [1.82, 2.24) is 9.62 Å². The molecule has 1 aromatic carbocycles. The molecule has 1 unspecified atom stereocenters. The van der Waals surface area contributed by atoms with E-state index in [9.17, 15) is 0 Å². The van der Waals surface area contributed by atoms with E-state index >= 15 is 0 Å². The summed E-state index contributed by atoms with van der Waals surface area (Å²) in [5.74, 6) is 1.22. The lowest BCUT2D eigenvalue weighted by atomic mass is 9.88. The van der Waals surface area contributed by atoms with Gasteiger partial charge in [-0.1, -0.05) is 50.8 Å². The van der Waals surface area contributed by atoms with E-state index in [-0.39, 0.29) is 0 Å². The van der Waals surface area contributed by atoms with Crippen LogP contribution in [0, 0.1) is 18.8 Å². The van der Waals surface area contributed by atoms with Gasteiger partial charge in [0.1, 0.15) is 0 Å². The highest BCUT2D eigenvalue weighted by Crippen LogP contribution is 2.24. The van der Waals surface area contributed by atoms with E-state index in [4.69, 9.17) is 7.85 Å². The zero-order chi connectivity index (χ0) is 16.1. The van der Waals surface area contributed by atoms with E-state index in [2.05, 4.69) is 61.1 Å². The normalized spacial score (nSPS) is 17.0. The van der Waals surface area contributed by atoms with Crippen LogP contribution >= 0.6 is 12.8 Å². The number of thiol groups is 1. The summed E-state index contributed by atoms with van der Waals surface area (Å²) in [5.41, 5.74) is 5.24. The Hall–Kier alpha value is -0.865. The zero-order valence-corrected chi connectivity index (χ0v) is 14.7. The molecule has 22 heavy (non-hydrogen) atoms. The van der Waals surface area contributed by atoms with Crippen molar-refractivity contribution in [2.24, 2.45) is 11.8 Å². The van der Waals surface area contributed by atoms with Gasteiger partial charge in [-0.3, -0.25) is 0 Å². The molecule has 1 N–H and O–H groups in total. The molecule has 0 saturated carbocycles. The number of likely N-dealkylation sites (tertiary alicyclic amines) is 1. The molecule has 2 nitrogen and oxygen atoms in total. The van der Waals surface area contributed by atoms with E-state index in [1.165, 1.54) is 36.2 Å². The van der Waals surface area contributed by atoms with E-state index in [0.29, 0.717) is 5.92 Å². The fraction of sp³-hybridized carbons (Fsp3) is 0.556. The van der Waals surface area contributed by atoms with Crippen LogP contribution in [0.5, 0.6) is 0 Å². The monoisotopic (exact) mass is 314 g/mol. The second kappa shape index (κ2) is 8.12. The zero-order valence-electron chi connectivity index (χ0n) is 13.8. The highest BCUT2D eigenvalue weighted by molar-refractivity contribution is 7.78. The summed E-state index contributed by atoms with van der Waals surface area (Å²) in [7, 11) is 5.63. The third-order valence-electron chi connectivity index (χ3n) is 4.65. The van der Waals surface area contributed by atoms with Crippen LogP contribution in [0.4, 0.5) is 0 Å². The van der Waals surface area contributed by atoms with Crippen LogP contribution < -0.4 is 4.72 Å². The molecule has 1 heterocycles. The molecule has 118 valence electrons. The summed E-state index contributed by atoms with van der Waals surface area (Å²) in [6.45, 7) is 11.8. The molecular formula is C18H27BN2S. The molecular weight excluding hydrogens is 287 g/mol. The minimum absolute atomic E-state index is 0.440. The number of nitrogens with zero attached hydrogens (tertiary/aromatic N) is 1. The van der Waals surface area contributed by atoms with Crippen molar-refractivity contribution in [1.29, 1.82) is 0 Å². The standard InChI is InChI=1S/C18H27BN2S/c1-13-8-16(6-7-19)4-5-18(13)9-17-11-21(12-17)10-14(2)15(3)20-22/h4-5,8,14,17,20,22H,3,6-7,9-12H2,1-2H3. The van der Waals surface area contributed by atoms with Gasteiger partial charge in [0.15, 0.2) is 0 Å². The SMILES string of the molecule is [B]CCc1ccc(CC2CN(CC(C)C(=C)NS)C2)c(C)c1. The van der Waals surface area contributed by atoms with Crippen molar-refractivity contribution in [2.75, 3.05) is 19.6 Å². The summed E-state index contributed by atoms with van der Waals surface area (Å²) >= 11 is 4.07. The van der Waals surface area contributed by atoms with Crippen LogP contribution in [-0.4, -0.2) is 32.4 Å². The molecule has 0 spiro atoms. The molecule has 0 aliphatic carbocycles. The molecule has 4 heteroatoms. The second-order valence-electron chi connectivity index (χ2n) is 6.63. The third-order valence-corrected chi connectivity index (χ3v) is 4.94. The fourth-order valence-electron chi connectivity index (χ4n) is 3.18. The molecule has 1 saturated heterocycles. The lowest BCUT2D eigenvalue weighted by molar-refractivity contribution is 0.0892. The number of hydrogen-bond acceptors (Lipinski definition) is 3. The maximum atomic E-state index is 5.63. The summed E-state index contributed by atoms with van der Waals surface area (Å²) < 4.78 is 2.86. The number of aryl methyl sites for hydroxylation is 2. The molecule has 1 aliphatic heterocycles. The van der Waals surface area contributed by atoms with Crippen LogP contribution in [0.2, 0.25) is 6.32 Å². The van der Waals surface area contributed by atoms with E-state index < -0.39 is 0 Å². The van der Waals surface area contributed by atoms with Crippen molar-refractivity contribution in [3.8, 4) is 0 Å². The molecule has 0 bridgehead atoms. The van der Waals surface area contributed by atoms with Gasteiger partial charge in [0.05, 0.1) is 7.85 Å². The lowest BCUT2D eigenvalue weighted by Crippen LogP contribution is -2.49. The second-order valence-corrected chi connectivity index (χ2v) is 6.85. The molecule has 0 aromatic heterocycles. The van der Waals surface area contributed by atoms with Crippen molar-refractivity contribution in [2.45, 2.75) is 33.0 Å². The van der Waals surface area contributed by atoms with E-state index in [1.807, 2.05) is 0 Å². The lowest BCUT2D eigenvalue weighted by Gasteiger charge is -2.41. The summed E-state index contributed by atoms with van der Waals surface area (Å²) in [5, 5.41) is 0. The highest BCUT2D eigenvalue weighted by Gasteiger charge is 2.28. The first-order chi connectivity index (χ1) is 10.5. The molecule has 0 amide bonds. The Kier molecular flexibility index (Phi) is 6.45. The van der Waals surface area contributed by atoms with Gasteiger partial charge in [0.25, 0.3) is 0 Å². The number of hydrogen-bond donors (Lipinski definition) is 2. The Labute approximate surface area is 142 Å². The van der Waals surface area contributed by atoms with Crippen molar-refractivity contribution in [3.63, 3.8) is 0 Å². The topological polar surface area (TPSA) is 15.3 Å². The Bertz CT molecular complexity index is 512. The van der Waals surface area contributed by atoms with Gasteiger partial charge in [-0.2, -0.15) is 0 Å². The van der Waals surface area contributed by atoms with Crippen molar-refractivity contribution in [3.05, 3.63) is 47.2 Å². The van der Waals surface area contributed by atoms with Gasteiger partial charge in [0.2, 0.25) is 0 Å². The van der Waals surface area contributed by atoms with Crippen LogP contribution in [0.1, 0.15) is 23.6 Å². The van der Waals surface area contributed by atoms with Gasteiger partial charge in [-0.25, -0.2) is 0 Å². The third kappa shape index (κ3) is 4.56. The summed E-state index contributed by atoms with van der Waals surface area (Å²) in [6.07, 6.45) is 2.88. The molecule has 2 rings (SSSR count). The van der Waals surface area contributed by atoms with Gasteiger partial charge >= 0.3 is 0 Å². The van der Waals surface area contributed by atoms with Gasteiger partial charge < -0.3 is 9.62 Å². The average Bonchev–Trinajstić information content (AvgIpc) is 2.46. The highest BCUT2D eigenvalue weighted by atomic mass is 32.1. The van der Waals surface area contributed by atoms with E-state index in [0.717, 1.165) is 30.9 Å². The smallest absolute Gasteiger partial charge is 0.0657 e. The Balaban J connectivity index is 1.79. The number of nitrogens with one attached hydrogen (secondary N) is 1. The van der Waals surface area contributed by atoms with Crippen LogP contribution in [0.3, 0.4) is 0 Å². The first kappa shape index (κ1) is 17.5. The Morgan fingerprint density at radius 3 is 2.82 bits per heavy atom. The van der Waals surface area contributed by atoms with Crippen LogP contribution in [0.15, 0.2) is 30.5 Å². The first-order valence-corrected chi connectivity index (χ1v) is 8.58. The van der Waals surface area contributed by atoms with E-state index in [1.54, 1.807) is 0 Å². The average molecular weight is 314 g/mol. The molecule has 2 radical (unpaired) electrons. The molecule has 1 fully saturated rings. The van der Waals surface area contributed by atoms with Crippen LogP contribution in [-0.2, 0) is 12.8 Å². The maximum Gasteiger partial charge on any atom is 0.0657 e. The predicted molar refractivity (Wildman–Crippen MR) is 99.5 cm³/mol. The summed E-state index contributed by atoms with van der Waals surface area (Å²) in [6, 6.07) is 6.82. The molecule has 1 atom stereocenters. The summed E-state index contributed by atoms with van der Waals surface area (Å²) in [4.78, 5) is 2.50. The van der Waals surface area contributed by atoms with Gasteiger partial charge in [-0.05, 0) is 42.4 Å². The van der Waals surface area contributed by atoms with Crippen molar-refractivity contribution >= 4 is 20.7 Å². The molecule has 1 aromatic rings. The minimum Gasteiger partial charge on any atom is -0.336 e. The van der Waals surface area contributed by atoms with Gasteiger partial charge in [-0.15, -0.1) is 0 Å². The number of benzene rings is 1. The fourth-order valence-corrected chi connectivity index (χ4v) is 3.40. The molecule has 1 aliphatic rings. The predicted octanol–water partition coefficient (Wildman–Crippen LogP) is 3.18. The van der Waals surface area contributed by atoms with Gasteiger partial charge in [0, 0.05) is 31.2 Å². The Morgan fingerprint density at radius 2 is 2.23 bits per heavy atom. The van der Waals surface area contributed by atoms with Crippen LogP contribution in [0.25, 0.3) is 0 Å². The first-order valence-electron chi connectivity index (χ1n) is 8.13. The maximum absolute atomic E-state index is 5.63. The largest absolute Gasteiger partial charge is 0.336 e. The Morgan fingerprint density at radius 1 is 1.50 bits per heavy atom.